The molecule has 1 atom stereocenters. The number of carbonyl (C=O) groups excluding carboxylic acids is 2. The van der Waals surface area contributed by atoms with Crippen molar-refractivity contribution < 1.29 is 22.4 Å². The van der Waals surface area contributed by atoms with Crippen molar-refractivity contribution in [1.82, 2.24) is 10.2 Å². The number of anilines is 1. The molecule has 224 valence electrons. The molecule has 1 fully saturated rings. The number of carbonyl (C=O) groups is 2. The van der Waals surface area contributed by atoms with Crippen LogP contribution in [-0.4, -0.2) is 43.8 Å². The first-order valence-corrected chi connectivity index (χ1v) is 16.1. The fraction of sp³-hybridized carbons (Fsp3) is 0.375. The van der Waals surface area contributed by atoms with Gasteiger partial charge >= 0.3 is 0 Å². The molecular weight excluding hydrogens is 577 g/mol. The number of benzene rings is 3. The van der Waals surface area contributed by atoms with E-state index in [4.69, 9.17) is 11.6 Å². The quantitative estimate of drug-likeness (QED) is 0.277. The molecule has 0 aliphatic heterocycles. The van der Waals surface area contributed by atoms with Crippen molar-refractivity contribution in [3.05, 3.63) is 94.8 Å². The van der Waals surface area contributed by atoms with Crippen LogP contribution in [0.3, 0.4) is 0 Å². The van der Waals surface area contributed by atoms with E-state index >= 15 is 4.39 Å². The maximum Gasteiger partial charge on any atom is 0.264 e. The zero-order valence-electron chi connectivity index (χ0n) is 23.9. The molecule has 1 aliphatic rings. The van der Waals surface area contributed by atoms with Gasteiger partial charge in [0.25, 0.3) is 10.0 Å². The van der Waals surface area contributed by atoms with E-state index in [0.717, 1.165) is 53.6 Å². The summed E-state index contributed by atoms with van der Waals surface area (Å²) >= 11 is 6.08. The second-order valence-electron chi connectivity index (χ2n) is 10.7. The van der Waals surface area contributed by atoms with Gasteiger partial charge in [0.05, 0.1) is 10.6 Å². The van der Waals surface area contributed by atoms with E-state index in [1.165, 1.54) is 35.2 Å². The van der Waals surface area contributed by atoms with Crippen LogP contribution in [0.15, 0.2) is 77.7 Å². The summed E-state index contributed by atoms with van der Waals surface area (Å²) in [6.45, 7) is 2.98. The number of aryl methyl sites for hydroxylation is 1. The Morgan fingerprint density at radius 2 is 1.62 bits per heavy atom. The average molecular weight is 614 g/mol. The smallest absolute Gasteiger partial charge is 0.264 e. The summed E-state index contributed by atoms with van der Waals surface area (Å²) < 4.78 is 43.6. The number of halogens is 2. The number of hydrogen-bond acceptors (Lipinski definition) is 4. The maximum atomic E-state index is 15.1. The molecule has 10 heteroatoms. The number of nitrogens with zero attached hydrogens (tertiary/aromatic N) is 2. The van der Waals surface area contributed by atoms with Crippen LogP contribution in [0, 0.1) is 12.7 Å². The number of amides is 2. The van der Waals surface area contributed by atoms with E-state index in [-0.39, 0.29) is 29.1 Å². The standard InChI is InChI=1S/C32H37ClFN3O4S/c1-3-29(32(39)35-26-9-5-4-6-10-26)36(21-24-15-17-25(33)18-16-24)31(38)22-37(30-12-8-7-11-28(30)34)42(40,41)27-19-13-23(2)14-20-27/h7-8,11-20,26,29H,3-6,9-10,21-22H2,1-2H3,(H,35,39). The Morgan fingerprint density at radius 3 is 2.24 bits per heavy atom. The van der Waals surface area contributed by atoms with Crippen LogP contribution in [0.1, 0.15) is 56.6 Å². The lowest BCUT2D eigenvalue weighted by atomic mass is 9.95. The van der Waals surface area contributed by atoms with E-state index < -0.39 is 34.3 Å². The molecule has 3 aromatic carbocycles. The maximum absolute atomic E-state index is 15.1. The Kier molecular flexibility index (Phi) is 10.6. The predicted octanol–water partition coefficient (Wildman–Crippen LogP) is 6.24. The highest BCUT2D eigenvalue weighted by Crippen LogP contribution is 2.27. The molecule has 0 radical (unpaired) electrons. The summed E-state index contributed by atoms with van der Waals surface area (Å²) in [4.78, 5) is 29.0. The van der Waals surface area contributed by atoms with Crippen LogP contribution in [-0.2, 0) is 26.2 Å². The summed E-state index contributed by atoms with van der Waals surface area (Å²) in [7, 11) is -4.35. The Hall–Kier alpha value is -3.43. The van der Waals surface area contributed by atoms with E-state index in [0.29, 0.717) is 11.4 Å². The van der Waals surface area contributed by atoms with Gasteiger partial charge < -0.3 is 10.2 Å². The van der Waals surface area contributed by atoms with Gasteiger partial charge in [-0.2, -0.15) is 0 Å². The van der Waals surface area contributed by atoms with Gasteiger partial charge in [-0.1, -0.05) is 79.7 Å². The molecule has 0 aromatic heterocycles. The van der Waals surface area contributed by atoms with Crippen molar-refractivity contribution in [1.29, 1.82) is 0 Å². The molecule has 0 bridgehead atoms. The summed E-state index contributed by atoms with van der Waals surface area (Å²) in [6.07, 6.45) is 5.26. The van der Waals surface area contributed by atoms with E-state index in [1.54, 1.807) is 36.4 Å². The van der Waals surface area contributed by atoms with Crippen molar-refractivity contribution in [2.75, 3.05) is 10.8 Å². The molecule has 3 aromatic rings. The summed E-state index contributed by atoms with van der Waals surface area (Å²) in [5.74, 6) is -1.70. The minimum absolute atomic E-state index is 0.0320. The number of hydrogen-bond donors (Lipinski definition) is 1. The highest BCUT2D eigenvalue weighted by atomic mass is 35.5. The third kappa shape index (κ3) is 7.69. The lowest BCUT2D eigenvalue weighted by Gasteiger charge is -2.34. The number of nitrogens with one attached hydrogen (secondary N) is 1. The molecule has 0 spiro atoms. The molecule has 7 nitrogen and oxygen atoms in total. The first-order chi connectivity index (χ1) is 20.1. The SMILES string of the molecule is CCC(C(=O)NC1CCCCC1)N(Cc1ccc(Cl)cc1)C(=O)CN(c1ccccc1F)S(=O)(=O)c1ccc(C)cc1. The van der Waals surface area contributed by atoms with Gasteiger partial charge in [-0.3, -0.25) is 13.9 Å². The Bertz CT molecular complexity index is 1480. The second kappa shape index (κ2) is 14.2. The van der Waals surface area contributed by atoms with Crippen LogP contribution in [0.25, 0.3) is 0 Å². The Morgan fingerprint density at radius 1 is 0.976 bits per heavy atom. The highest BCUT2D eigenvalue weighted by molar-refractivity contribution is 7.92. The molecule has 4 rings (SSSR count). The molecule has 1 aliphatic carbocycles. The lowest BCUT2D eigenvalue weighted by molar-refractivity contribution is -0.140. The normalized spacial score (nSPS) is 14.7. The highest BCUT2D eigenvalue weighted by Gasteiger charge is 2.35. The average Bonchev–Trinajstić information content (AvgIpc) is 2.98. The molecule has 1 saturated carbocycles. The first kappa shape index (κ1) is 31.5. The summed E-state index contributed by atoms with van der Waals surface area (Å²) in [6, 6.07) is 17.6. The molecule has 0 heterocycles. The van der Waals surface area contributed by atoms with Crippen LogP contribution < -0.4 is 9.62 Å². The van der Waals surface area contributed by atoms with Gasteiger partial charge in [0, 0.05) is 17.6 Å². The Balaban J connectivity index is 1.71. The first-order valence-electron chi connectivity index (χ1n) is 14.3. The van der Waals surface area contributed by atoms with E-state index in [9.17, 15) is 18.0 Å². The molecule has 42 heavy (non-hydrogen) atoms. The predicted molar refractivity (Wildman–Crippen MR) is 163 cm³/mol. The lowest BCUT2D eigenvalue weighted by Crippen LogP contribution is -2.54. The fourth-order valence-corrected chi connectivity index (χ4v) is 6.80. The summed E-state index contributed by atoms with van der Waals surface area (Å²) in [5.41, 5.74) is 1.32. The summed E-state index contributed by atoms with van der Waals surface area (Å²) in [5, 5.41) is 3.63. The van der Waals surface area contributed by atoms with Crippen molar-refractivity contribution in [2.45, 2.75) is 75.9 Å². The van der Waals surface area contributed by atoms with Gasteiger partial charge in [-0.05, 0) is 68.1 Å². The van der Waals surface area contributed by atoms with Crippen LogP contribution >= 0.6 is 11.6 Å². The number of para-hydroxylation sites is 1. The van der Waals surface area contributed by atoms with E-state index in [2.05, 4.69) is 5.32 Å². The molecule has 1 N–H and O–H groups in total. The third-order valence-electron chi connectivity index (χ3n) is 7.61. The molecule has 1 unspecified atom stereocenters. The second-order valence-corrected chi connectivity index (χ2v) is 13.0. The largest absolute Gasteiger partial charge is 0.352 e. The van der Waals surface area contributed by atoms with Crippen LogP contribution in [0.5, 0.6) is 0 Å². The monoisotopic (exact) mass is 613 g/mol. The van der Waals surface area contributed by atoms with Gasteiger partial charge in [0.2, 0.25) is 11.8 Å². The van der Waals surface area contributed by atoms with Crippen molar-refractivity contribution >= 4 is 39.1 Å². The van der Waals surface area contributed by atoms with Gasteiger partial charge in [-0.25, -0.2) is 12.8 Å². The minimum Gasteiger partial charge on any atom is -0.352 e. The molecule has 2 amide bonds. The van der Waals surface area contributed by atoms with Crippen LogP contribution in [0.2, 0.25) is 5.02 Å². The van der Waals surface area contributed by atoms with Gasteiger partial charge in [-0.15, -0.1) is 0 Å². The zero-order valence-corrected chi connectivity index (χ0v) is 25.5. The van der Waals surface area contributed by atoms with Crippen molar-refractivity contribution in [2.24, 2.45) is 0 Å². The Labute approximate surface area is 252 Å². The van der Waals surface area contributed by atoms with Crippen molar-refractivity contribution in [3.63, 3.8) is 0 Å². The fourth-order valence-electron chi connectivity index (χ4n) is 5.26. The number of sulfonamides is 1. The van der Waals surface area contributed by atoms with Crippen molar-refractivity contribution in [3.8, 4) is 0 Å². The minimum atomic E-state index is -4.35. The molecular formula is C32H37ClFN3O4S. The number of rotatable bonds is 11. The topological polar surface area (TPSA) is 86.8 Å². The van der Waals surface area contributed by atoms with E-state index in [1.807, 2.05) is 13.8 Å². The third-order valence-corrected chi connectivity index (χ3v) is 9.64. The van der Waals surface area contributed by atoms with Gasteiger partial charge in [0.15, 0.2) is 0 Å². The molecule has 0 saturated heterocycles. The zero-order chi connectivity index (χ0) is 30.3. The van der Waals surface area contributed by atoms with Crippen LogP contribution in [0.4, 0.5) is 10.1 Å². The van der Waals surface area contributed by atoms with Gasteiger partial charge in [0.1, 0.15) is 18.4 Å².